The first-order chi connectivity index (χ1) is 13.7. The van der Waals surface area contributed by atoms with Crippen molar-refractivity contribution < 1.29 is 14.0 Å². The Hall–Kier alpha value is -3.88. The Kier molecular flexibility index (Phi) is 3.71. The second kappa shape index (κ2) is 6.38. The molecule has 9 nitrogen and oxygen atoms in total. The number of nitrogens with zero attached hydrogens (tertiary/aromatic N) is 5. The minimum absolute atomic E-state index is 0.197. The molecule has 28 heavy (non-hydrogen) atoms. The quantitative estimate of drug-likeness (QED) is 0.578. The molecule has 2 aromatic heterocycles. The summed E-state index contributed by atoms with van der Waals surface area (Å²) in [5.74, 6) is 2.26. The van der Waals surface area contributed by atoms with E-state index in [4.69, 9.17) is 19.7 Å². The lowest BCUT2D eigenvalue weighted by molar-refractivity contribution is 0.174. The number of rotatable bonds is 4. The molecule has 5 rings (SSSR count). The molecule has 0 saturated carbocycles. The zero-order valence-electron chi connectivity index (χ0n) is 15.0. The van der Waals surface area contributed by atoms with Crippen molar-refractivity contribution in [1.29, 1.82) is 0 Å². The fourth-order valence-electron chi connectivity index (χ4n) is 3.01. The number of nitrogen functional groups attached to an aromatic ring is 1. The maximum Gasteiger partial charge on any atom is 0.282 e. The van der Waals surface area contributed by atoms with Gasteiger partial charge in [0.1, 0.15) is 0 Å². The van der Waals surface area contributed by atoms with E-state index < -0.39 is 0 Å². The van der Waals surface area contributed by atoms with Crippen LogP contribution in [0, 0.1) is 0 Å². The Labute approximate surface area is 159 Å². The molecule has 2 N–H and O–H groups in total. The van der Waals surface area contributed by atoms with Crippen LogP contribution in [0.1, 0.15) is 12.5 Å². The van der Waals surface area contributed by atoms with Gasteiger partial charge >= 0.3 is 0 Å². The Morgan fingerprint density at radius 2 is 2.00 bits per heavy atom. The van der Waals surface area contributed by atoms with Crippen molar-refractivity contribution in [3.8, 4) is 40.2 Å². The van der Waals surface area contributed by atoms with E-state index in [9.17, 15) is 0 Å². The van der Waals surface area contributed by atoms with Gasteiger partial charge in [-0.05, 0) is 42.3 Å². The molecular weight excluding hydrogens is 360 g/mol. The number of anilines is 1. The highest BCUT2D eigenvalue weighted by molar-refractivity contribution is 5.67. The molecule has 0 radical (unpaired) electrons. The summed E-state index contributed by atoms with van der Waals surface area (Å²) in [6.07, 6.45) is 0.915. The number of aryl methyl sites for hydroxylation is 1. The highest BCUT2D eigenvalue weighted by Crippen LogP contribution is 2.35. The lowest BCUT2D eigenvalue weighted by atomic mass is 10.1. The molecule has 2 aromatic carbocycles. The van der Waals surface area contributed by atoms with Crippen molar-refractivity contribution in [1.82, 2.24) is 25.1 Å². The van der Waals surface area contributed by atoms with E-state index >= 15 is 0 Å². The maximum absolute atomic E-state index is 6.25. The maximum atomic E-state index is 6.25. The molecule has 0 saturated heterocycles. The predicted molar refractivity (Wildman–Crippen MR) is 100 cm³/mol. The first kappa shape index (κ1) is 16.3. The molecule has 4 aromatic rings. The molecule has 0 fully saturated rings. The van der Waals surface area contributed by atoms with E-state index in [0.29, 0.717) is 28.8 Å². The molecule has 0 amide bonds. The zero-order valence-corrected chi connectivity index (χ0v) is 15.0. The van der Waals surface area contributed by atoms with E-state index in [0.717, 1.165) is 17.7 Å². The molecule has 0 unspecified atom stereocenters. The van der Waals surface area contributed by atoms with Crippen LogP contribution in [-0.4, -0.2) is 31.9 Å². The van der Waals surface area contributed by atoms with Crippen LogP contribution < -0.4 is 15.2 Å². The van der Waals surface area contributed by atoms with E-state index in [-0.39, 0.29) is 12.7 Å². The lowest BCUT2D eigenvalue weighted by Gasteiger charge is -2.04. The smallest absolute Gasteiger partial charge is 0.282 e. The monoisotopic (exact) mass is 376 g/mol. The van der Waals surface area contributed by atoms with Crippen molar-refractivity contribution in [3.63, 3.8) is 0 Å². The highest BCUT2D eigenvalue weighted by atomic mass is 16.7. The van der Waals surface area contributed by atoms with Crippen LogP contribution in [0.5, 0.6) is 11.5 Å². The van der Waals surface area contributed by atoms with Crippen LogP contribution in [0.2, 0.25) is 0 Å². The summed E-state index contributed by atoms with van der Waals surface area (Å²) < 4.78 is 17.6. The summed E-state index contributed by atoms with van der Waals surface area (Å²) in [6.45, 7) is 2.29. The first-order valence-electron chi connectivity index (χ1n) is 8.77. The van der Waals surface area contributed by atoms with Crippen LogP contribution >= 0.6 is 0 Å². The molecule has 3 heterocycles. The van der Waals surface area contributed by atoms with Gasteiger partial charge < -0.3 is 19.7 Å². The third-order valence-corrected chi connectivity index (χ3v) is 4.53. The van der Waals surface area contributed by atoms with Gasteiger partial charge in [-0.3, -0.25) is 0 Å². The van der Waals surface area contributed by atoms with Crippen LogP contribution in [0.3, 0.4) is 0 Å². The second-order valence-electron chi connectivity index (χ2n) is 6.25. The zero-order chi connectivity index (χ0) is 19.1. The number of nitrogens with two attached hydrogens (primary N) is 1. The number of ether oxygens (including phenoxy) is 2. The molecule has 1 aliphatic heterocycles. The normalized spacial score (nSPS) is 12.5. The summed E-state index contributed by atoms with van der Waals surface area (Å²) in [5.41, 5.74) is 9.33. The van der Waals surface area contributed by atoms with Gasteiger partial charge in [0, 0.05) is 5.56 Å². The lowest BCUT2D eigenvalue weighted by Crippen LogP contribution is -2.02. The summed E-state index contributed by atoms with van der Waals surface area (Å²) in [6, 6.07) is 13.4. The topological polar surface area (TPSA) is 114 Å². The average molecular weight is 376 g/mol. The molecular formula is C19H16N6O3. The van der Waals surface area contributed by atoms with Crippen LogP contribution in [0.25, 0.3) is 28.7 Å². The Bertz CT molecular complexity index is 1170. The number of benzene rings is 2. The molecule has 140 valence electrons. The van der Waals surface area contributed by atoms with Crippen molar-refractivity contribution in [2.75, 3.05) is 12.5 Å². The predicted octanol–water partition coefficient (Wildman–Crippen LogP) is 2.86. The minimum atomic E-state index is 0.197. The molecule has 0 bridgehead atoms. The summed E-state index contributed by atoms with van der Waals surface area (Å²) in [7, 11) is 0. The number of aromatic nitrogens is 5. The standard InChI is InChI=1S/C19H16N6O3/c1-2-11-4-3-5-13(8-11)25-17(20)16(22-24-25)19-21-18(23-28-19)12-6-7-14-15(9-12)27-10-26-14/h3-9H,2,10,20H2,1H3. The Morgan fingerprint density at radius 3 is 2.89 bits per heavy atom. The fourth-order valence-corrected chi connectivity index (χ4v) is 3.01. The summed E-state index contributed by atoms with van der Waals surface area (Å²) in [5, 5.41) is 12.3. The Balaban J connectivity index is 1.49. The van der Waals surface area contributed by atoms with Crippen molar-refractivity contribution in [2.45, 2.75) is 13.3 Å². The van der Waals surface area contributed by atoms with Gasteiger partial charge in [0.05, 0.1) is 5.69 Å². The summed E-state index contributed by atoms with van der Waals surface area (Å²) >= 11 is 0. The van der Waals surface area contributed by atoms with Crippen molar-refractivity contribution in [2.24, 2.45) is 0 Å². The van der Waals surface area contributed by atoms with Crippen LogP contribution in [0.15, 0.2) is 47.0 Å². The molecule has 9 heteroatoms. The van der Waals surface area contributed by atoms with Gasteiger partial charge in [-0.15, -0.1) is 5.10 Å². The molecule has 1 aliphatic rings. The van der Waals surface area contributed by atoms with E-state index in [1.165, 1.54) is 5.56 Å². The third-order valence-electron chi connectivity index (χ3n) is 4.53. The van der Waals surface area contributed by atoms with Gasteiger partial charge in [-0.25, -0.2) is 0 Å². The largest absolute Gasteiger partial charge is 0.454 e. The van der Waals surface area contributed by atoms with Gasteiger partial charge in [0.2, 0.25) is 12.6 Å². The van der Waals surface area contributed by atoms with Gasteiger partial charge in [-0.1, -0.05) is 29.4 Å². The fraction of sp³-hybridized carbons (Fsp3) is 0.158. The molecule has 0 aliphatic carbocycles. The first-order valence-corrected chi connectivity index (χ1v) is 8.77. The van der Waals surface area contributed by atoms with Gasteiger partial charge in [-0.2, -0.15) is 9.67 Å². The summed E-state index contributed by atoms with van der Waals surface area (Å²) in [4.78, 5) is 4.41. The average Bonchev–Trinajstić information content (AvgIpc) is 3.46. The number of hydrogen-bond acceptors (Lipinski definition) is 8. The van der Waals surface area contributed by atoms with E-state index in [1.807, 2.05) is 30.3 Å². The second-order valence-corrected chi connectivity index (χ2v) is 6.25. The van der Waals surface area contributed by atoms with Gasteiger partial charge in [0.25, 0.3) is 5.89 Å². The number of hydrogen-bond donors (Lipinski definition) is 1. The highest BCUT2D eigenvalue weighted by Gasteiger charge is 2.21. The van der Waals surface area contributed by atoms with Gasteiger partial charge in [0.15, 0.2) is 23.0 Å². The number of fused-ring (bicyclic) bond motifs is 1. The molecule has 0 atom stereocenters. The minimum Gasteiger partial charge on any atom is -0.454 e. The Morgan fingerprint density at radius 1 is 1.11 bits per heavy atom. The van der Waals surface area contributed by atoms with Crippen molar-refractivity contribution >= 4 is 5.82 Å². The third kappa shape index (κ3) is 2.64. The van der Waals surface area contributed by atoms with Crippen molar-refractivity contribution in [3.05, 3.63) is 48.0 Å². The van der Waals surface area contributed by atoms with E-state index in [1.54, 1.807) is 16.8 Å². The van der Waals surface area contributed by atoms with Crippen LogP contribution in [0.4, 0.5) is 5.82 Å². The van der Waals surface area contributed by atoms with E-state index in [2.05, 4.69) is 27.4 Å². The molecule has 0 spiro atoms. The SMILES string of the molecule is CCc1cccc(-n2nnc(-c3nc(-c4ccc5c(c4)OCO5)no3)c2N)c1. The van der Waals surface area contributed by atoms with Crippen LogP contribution in [-0.2, 0) is 6.42 Å².